The van der Waals surface area contributed by atoms with E-state index in [1.165, 1.54) is 11.8 Å². The van der Waals surface area contributed by atoms with E-state index < -0.39 is 5.91 Å². The summed E-state index contributed by atoms with van der Waals surface area (Å²) in [6.45, 7) is 1.96. The molecule has 3 N–H and O–H groups in total. The van der Waals surface area contributed by atoms with Crippen molar-refractivity contribution in [3.63, 3.8) is 0 Å². The van der Waals surface area contributed by atoms with Crippen LogP contribution in [0.15, 0.2) is 132 Å². The molecule has 0 aliphatic rings. The van der Waals surface area contributed by atoms with E-state index in [1.807, 2.05) is 91.9 Å². The number of rotatable bonds is 9. The van der Waals surface area contributed by atoms with Gasteiger partial charge in [-0.1, -0.05) is 84.4 Å². The predicted molar refractivity (Wildman–Crippen MR) is 171 cm³/mol. The summed E-state index contributed by atoms with van der Waals surface area (Å²) in [7, 11) is 0. The van der Waals surface area contributed by atoms with Crippen molar-refractivity contribution >= 4 is 57.7 Å². The Hall–Kier alpha value is -5.14. The van der Waals surface area contributed by atoms with Gasteiger partial charge in [-0.25, -0.2) is 0 Å². The third-order valence-electron chi connectivity index (χ3n) is 6.38. The Morgan fingerprint density at radius 1 is 0.690 bits per heavy atom. The molecule has 7 heteroatoms. The molecule has 0 saturated heterocycles. The summed E-state index contributed by atoms with van der Waals surface area (Å²) < 4.78 is 0. The molecule has 5 aromatic rings. The molecule has 208 valence electrons. The molecule has 5 aromatic carbocycles. The summed E-state index contributed by atoms with van der Waals surface area (Å²) in [5.74, 6) is -0.768. The van der Waals surface area contributed by atoms with Crippen LogP contribution in [0.2, 0.25) is 0 Å². The Morgan fingerprint density at radius 3 is 2.24 bits per heavy atom. The van der Waals surface area contributed by atoms with Crippen molar-refractivity contribution in [2.24, 2.45) is 0 Å². The minimum atomic E-state index is -0.461. The lowest BCUT2D eigenvalue weighted by Gasteiger charge is -2.12. The SMILES string of the molecule is Cc1cccc(/C=C(/NC(=O)c2ccccc2)C(=O)Nc2cccc(SCC(=O)Nc3ccc4ccccc4c3)c2)c1. The van der Waals surface area contributed by atoms with E-state index in [2.05, 4.69) is 16.0 Å². The topological polar surface area (TPSA) is 87.3 Å². The van der Waals surface area contributed by atoms with Crippen LogP contribution in [0.4, 0.5) is 11.4 Å². The number of anilines is 2. The lowest BCUT2D eigenvalue weighted by Crippen LogP contribution is -2.30. The molecule has 42 heavy (non-hydrogen) atoms. The van der Waals surface area contributed by atoms with Crippen molar-refractivity contribution in [3.8, 4) is 0 Å². The second kappa shape index (κ2) is 13.5. The van der Waals surface area contributed by atoms with E-state index in [9.17, 15) is 14.4 Å². The van der Waals surface area contributed by atoms with Crippen LogP contribution >= 0.6 is 11.8 Å². The van der Waals surface area contributed by atoms with Crippen molar-refractivity contribution in [1.82, 2.24) is 5.32 Å². The highest BCUT2D eigenvalue weighted by Gasteiger charge is 2.15. The summed E-state index contributed by atoms with van der Waals surface area (Å²) in [5, 5.41) is 10.8. The average molecular weight is 572 g/mol. The number of aryl methyl sites for hydroxylation is 1. The third kappa shape index (κ3) is 7.74. The van der Waals surface area contributed by atoms with E-state index in [4.69, 9.17) is 0 Å². The molecule has 0 atom stereocenters. The fourth-order valence-corrected chi connectivity index (χ4v) is 5.10. The Balaban J connectivity index is 1.25. The van der Waals surface area contributed by atoms with Gasteiger partial charge in [0.15, 0.2) is 0 Å². The van der Waals surface area contributed by atoms with Crippen LogP contribution in [-0.2, 0) is 9.59 Å². The van der Waals surface area contributed by atoms with E-state index >= 15 is 0 Å². The van der Waals surface area contributed by atoms with Gasteiger partial charge >= 0.3 is 0 Å². The number of thioether (sulfide) groups is 1. The molecule has 0 bridgehead atoms. The van der Waals surface area contributed by atoms with Crippen molar-refractivity contribution in [2.45, 2.75) is 11.8 Å². The number of nitrogens with one attached hydrogen (secondary N) is 3. The number of hydrogen-bond donors (Lipinski definition) is 3. The standard InChI is InChI=1S/C35H29N3O3S/c1-24-9-7-10-25(19-24)20-32(38-34(40)27-12-3-2-4-13-27)35(41)37-29-15-8-16-31(22-29)42-23-33(39)36-30-18-17-26-11-5-6-14-28(26)21-30/h2-22H,23H2,1H3,(H,36,39)(H,37,41)(H,38,40)/b32-20+. The molecule has 0 spiro atoms. The number of amides is 3. The maximum absolute atomic E-state index is 13.4. The fourth-order valence-electron chi connectivity index (χ4n) is 4.34. The number of hydrogen-bond acceptors (Lipinski definition) is 4. The molecule has 0 unspecified atom stereocenters. The highest BCUT2D eigenvalue weighted by molar-refractivity contribution is 8.00. The molecule has 3 amide bonds. The van der Waals surface area contributed by atoms with E-state index in [0.717, 1.165) is 32.5 Å². The van der Waals surface area contributed by atoms with Crippen molar-refractivity contribution < 1.29 is 14.4 Å². The van der Waals surface area contributed by atoms with Gasteiger partial charge in [0, 0.05) is 21.8 Å². The Labute approximate surface area is 248 Å². The van der Waals surface area contributed by atoms with E-state index in [0.29, 0.717) is 11.3 Å². The lowest BCUT2D eigenvalue weighted by molar-refractivity contribution is -0.114. The average Bonchev–Trinajstić information content (AvgIpc) is 3.00. The maximum Gasteiger partial charge on any atom is 0.272 e. The fraction of sp³-hybridized carbons (Fsp3) is 0.0571. The molecule has 0 heterocycles. The summed E-state index contributed by atoms with van der Waals surface area (Å²) in [6.07, 6.45) is 1.65. The van der Waals surface area contributed by atoms with Gasteiger partial charge < -0.3 is 16.0 Å². The van der Waals surface area contributed by atoms with Gasteiger partial charge in [-0.2, -0.15) is 0 Å². The molecule has 0 aromatic heterocycles. The van der Waals surface area contributed by atoms with Gasteiger partial charge in [0.2, 0.25) is 5.91 Å². The monoisotopic (exact) mass is 571 g/mol. The molecular weight excluding hydrogens is 542 g/mol. The number of benzene rings is 5. The number of fused-ring (bicyclic) bond motifs is 1. The zero-order chi connectivity index (χ0) is 29.3. The largest absolute Gasteiger partial charge is 0.325 e. The van der Waals surface area contributed by atoms with Crippen LogP contribution in [0.1, 0.15) is 21.5 Å². The molecule has 0 saturated carbocycles. The van der Waals surface area contributed by atoms with Crippen LogP contribution in [0.25, 0.3) is 16.8 Å². The summed E-state index contributed by atoms with van der Waals surface area (Å²) >= 11 is 1.37. The molecule has 5 rings (SSSR count). The minimum absolute atomic E-state index is 0.113. The number of carbonyl (C=O) groups excluding carboxylic acids is 3. The Morgan fingerprint density at radius 2 is 1.43 bits per heavy atom. The Kier molecular flexibility index (Phi) is 9.11. The van der Waals surface area contributed by atoms with Crippen LogP contribution in [0, 0.1) is 6.92 Å². The minimum Gasteiger partial charge on any atom is -0.325 e. The first kappa shape index (κ1) is 28.4. The molecule has 0 fully saturated rings. The quantitative estimate of drug-likeness (QED) is 0.128. The van der Waals surface area contributed by atoms with Gasteiger partial charge in [-0.15, -0.1) is 11.8 Å². The normalized spacial score (nSPS) is 11.1. The smallest absolute Gasteiger partial charge is 0.272 e. The van der Waals surface area contributed by atoms with Gasteiger partial charge in [-0.3, -0.25) is 14.4 Å². The first-order chi connectivity index (χ1) is 20.4. The van der Waals surface area contributed by atoms with Crippen LogP contribution < -0.4 is 16.0 Å². The summed E-state index contributed by atoms with van der Waals surface area (Å²) in [4.78, 5) is 39.7. The Bertz CT molecular complexity index is 1780. The lowest BCUT2D eigenvalue weighted by atomic mass is 10.1. The van der Waals surface area contributed by atoms with Crippen molar-refractivity contribution in [2.75, 3.05) is 16.4 Å². The van der Waals surface area contributed by atoms with Gasteiger partial charge in [0.05, 0.1) is 5.75 Å². The van der Waals surface area contributed by atoms with E-state index in [1.54, 1.807) is 42.5 Å². The van der Waals surface area contributed by atoms with Gasteiger partial charge in [-0.05, 0) is 71.8 Å². The summed E-state index contributed by atoms with van der Waals surface area (Å²) in [6, 6.07) is 37.5. The highest BCUT2D eigenvalue weighted by Crippen LogP contribution is 2.24. The van der Waals surface area contributed by atoms with Crippen LogP contribution in [0.5, 0.6) is 0 Å². The molecule has 0 radical (unpaired) electrons. The zero-order valence-corrected chi connectivity index (χ0v) is 23.8. The molecular formula is C35H29N3O3S. The molecule has 6 nitrogen and oxygen atoms in total. The summed E-state index contributed by atoms with van der Waals surface area (Å²) in [5.41, 5.74) is 3.67. The van der Waals surface area contributed by atoms with Gasteiger partial charge in [0.25, 0.3) is 11.8 Å². The second-order valence-corrected chi connectivity index (χ2v) is 10.7. The van der Waals surface area contributed by atoms with Crippen molar-refractivity contribution in [1.29, 1.82) is 0 Å². The molecule has 0 aliphatic carbocycles. The van der Waals surface area contributed by atoms with E-state index in [-0.39, 0.29) is 23.3 Å². The van der Waals surface area contributed by atoms with Gasteiger partial charge in [0.1, 0.15) is 5.70 Å². The first-order valence-electron chi connectivity index (χ1n) is 13.4. The maximum atomic E-state index is 13.4. The van der Waals surface area contributed by atoms with Crippen LogP contribution in [0.3, 0.4) is 0 Å². The highest BCUT2D eigenvalue weighted by atomic mass is 32.2. The molecule has 0 aliphatic heterocycles. The van der Waals surface area contributed by atoms with Crippen molar-refractivity contribution in [3.05, 3.63) is 144 Å². The predicted octanol–water partition coefficient (Wildman–Crippen LogP) is 7.29. The zero-order valence-electron chi connectivity index (χ0n) is 23.0. The first-order valence-corrected chi connectivity index (χ1v) is 14.4. The number of carbonyl (C=O) groups is 3. The third-order valence-corrected chi connectivity index (χ3v) is 7.37. The second-order valence-electron chi connectivity index (χ2n) is 9.67. The van der Waals surface area contributed by atoms with Crippen LogP contribution in [-0.4, -0.2) is 23.5 Å².